The molecule has 1 heterocycles. The van der Waals surface area contributed by atoms with E-state index >= 15 is 0 Å². The smallest absolute Gasteiger partial charge is 0.416 e. The highest BCUT2D eigenvalue weighted by Crippen LogP contribution is 2.33. The van der Waals surface area contributed by atoms with Gasteiger partial charge in [0.25, 0.3) is 0 Å². The van der Waals surface area contributed by atoms with Gasteiger partial charge in [-0.2, -0.15) is 13.2 Å². The number of alkyl halides is 3. The Morgan fingerprint density at radius 3 is 2.17 bits per heavy atom. The van der Waals surface area contributed by atoms with Crippen LogP contribution in [0.4, 0.5) is 18.9 Å². The number of rotatable bonds is 13. The molecule has 0 fully saturated rings. The molecule has 0 atom stereocenters. The normalized spacial score (nSPS) is 12.6. The highest BCUT2D eigenvalue weighted by molar-refractivity contribution is 6.31. The monoisotopic (exact) mass is 728 g/mol. The second-order valence-electron chi connectivity index (χ2n) is 12.7. The van der Waals surface area contributed by atoms with E-state index in [1.54, 1.807) is 42.5 Å². The molecule has 1 aromatic heterocycles. The van der Waals surface area contributed by atoms with Crippen LogP contribution in [0.15, 0.2) is 97.1 Å². The first kappa shape index (κ1) is 36.4. The zero-order valence-corrected chi connectivity index (χ0v) is 28.9. The molecule has 268 valence electrons. The van der Waals surface area contributed by atoms with Gasteiger partial charge >= 0.3 is 18.1 Å². The molecular weight excluding hydrogens is 693 g/mol. The molecule has 52 heavy (non-hydrogen) atoms. The Morgan fingerprint density at radius 1 is 0.788 bits per heavy atom. The van der Waals surface area contributed by atoms with Crippen molar-refractivity contribution < 1.29 is 37.7 Å². The fraction of sp³-hybridized carbons (Fsp3) is 0.244. The minimum Gasteiger partial charge on any atom is -0.489 e. The Kier molecular flexibility index (Phi) is 11.1. The number of ether oxygens (including phenoxy) is 1. The van der Waals surface area contributed by atoms with Gasteiger partial charge in [-0.15, -0.1) is 0 Å². The lowest BCUT2D eigenvalue weighted by molar-refractivity contribution is -0.137. The topological polar surface area (TPSA) is 100.0 Å². The predicted molar refractivity (Wildman–Crippen MR) is 194 cm³/mol. The number of aryl methyl sites for hydroxylation is 2. The van der Waals surface area contributed by atoms with E-state index in [0.717, 1.165) is 60.2 Å². The van der Waals surface area contributed by atoms with Gasteiger partial charge in [0.2, 0.25) is 0 Å². The molecule has 0 radical (unpaired) electrons. The van der Waals surface area contributed by atoms with Crippen molar-refractivity contribution in [2.45, 2.75) is 51.3 Å². The fourth-order valence-corrected chi connectivity index (χ4v) is 6.64. The number of anilines is 1. The lowest BCUT2D eigenvalue weighted by Gasteiger charge is -2.28. The third kappa shape index (κ3) is 8.74. The second-order valence-corrected chi connectivity index (χ2v) is 13.1. The van der Waals surface area contributed by atoms with E-state index in [0.29, 0.717) is 59.1 Å². The van der Waals surface area contributed by atoms with Crippen LogP contribution < -0.4 is 9.64 Å². The molecule has 2 N–H and O–H groups in total. The molecule has 4 aromatic carbocycles. The van der Waals surface area contributed by atoms with Gasteiger partial charge in [0.1, 0.15) is 12.4 Å². The third-order valence-corrected chi connectivity index (χ3v) is 9.65. The van der Waals surface area contributed by atoms with Crippen LogP contribution in [0.5, 0.6) is 5.75 Å². The zero-order chi connectivity index (χ0) is 36.8. The number of hydrogen-bond donors (Lipinski definition) is 2. The lowest BCUT2D eigenvalue weighted by Crippen LogP contribution is -2.31. The van der Waals surface area contributed by atoms with Crippen molar-refractivity contribution in [3.05, 3.63) is 147 Å². The van der Waals surface area contributed by atoms with Crippen molar-refractivity contribution in [3.8, 4) is 16.9 Å². The summed E-state index contributed by atoms with van der Waals surface area (Å²) < 4.78 is 45.3. The molecule has 6 rings (SSSR count). The summed E-state index contributed by atoms with van der Waals surface area (Å²) in [6.07, 6.45) is 0.231. The van der Waals surface area contributed by atoms with Gasteiger partial charge < -0.3 is 19.8 Å². The number of carbonyl (C=O) groups is 2. The lowest BCUT2D eigenvalue weighted by atomic mass is 9.95. The highest BCUT2D eigenvalue weighted by Gasteiger charge is 2.30. The summed E-state index contributed by atoms with van der Waals surface area (Å²) in [5.41, 5.74) is 5.75. The highest BCUT2D eigenvalue weighted by atomic mass is 35.5. The molecule has 0 bridgehead atoms. The van der Waals surface area contributed by atoms with Crippen LogP contribution in [0.25, 0.3) is 11.1 Å². The van der Waals surface area contributed by atoms with Crippen molar-refractivity contribution in [1.29, 1.82) is 0 Å². The van der Waals surface area contributed by atoms with E-state index in [1.807, 2.05) is 35.2 Å². The zero-order valence-electron chi connectivity index (χ0n) is 28.1. The van der Waals surface area contributed by atoms with Gasteiger partial charge in [-0.05, 0) is 109 Å². The van der Waals surface area contributed by atoms with E-state index in [1.165, 1.54) is 12.1 Å². The molecule has 7 nitrogen and oxygen atoms in total. The van der Waals surface area contributed by atoms with E-state index < -0.39 is 23.7 Å². The Bertz CT molecular complexity index is 2070. The SMILES string of the molecule is O=C(O)c1ccc(CCN(CCc2ccccc2OCc2ccc(-c3ccc(C(F)(F)F)cc3)cc2Cl)c2cc3c(nc2C(=O)O)CCCC3)cc1. The fourth-order valence-electron chi connectivity index (χ4n) is 6.41. The van der Waals surface area contributed by atoms with Gasteiger partial charge in [0.15, 0.2) is 5.69 Å². The van der Waals surface area contributed by atoms with Crippen molar-refractivity contribution in [3.63, 3.8) is 0 Å². The standard InChI is InChI=1S/C41H36ClF3N2O5/c42-34-23-30(27-15-17-33(18-16-27)41(43,44)45)13-14-32(34)25-52-37-8-4-2-5-28(37)20-22-47(21-19-26-9-11-29(12-10-26)39(48)49)36-24-31-6-1-3-7-35(31)46-38(36)40(50)51/h2,4-5,8-18,23-24H,1,3,6-7,19-22,25H2,(H,48,49)(H,50,51). The number of aromatic nitrogens is 1. The first-order valence-corrected chi connectivity index (χ1v) is 17.3. The molecule has 0 saturated carbocycles. The largest absolute Gasteiger partial charge is 0.489 e. The molecule has 0 aliphatic heterocycles. The molecule has 0 amide bonds. The summed E-state index contributed by atoms with van der Waals surface area (Å²) in [6.45, 7) is 1.07. The molecule has 0 saturated heterocycles. The number of halogens is 4. The number of carboxylic acid groups (broad SMARTS) is 2. The minimum absolute atomic E-state index is 0.0146. The van der Waals surface area contributed by atoms with Crippen molar-refractivity contribution in [1.82, 2.24) is 4.98 Å². The number of nitrogens with zero attached hydrogens (tertiary/aromatic N) is 2. The van der Waals surface area contributed by atoms with Crippen molar-refractivity contribution in [2.24, 2.45) is 0 Å². The Balaban J connectivity index is 1.20. The van der Waals surface area contributed by atoms with E-state index in [-0.39, 0.29) is 17.9 Å². The van der Waals surface area contributed by atoms with E-state index in [4.69, 9.17) is 16.3 Å². The summed E-state index contributed by atoms with van der Waals surface area (Å²) in [6, 6.07) is 26.4. The van der Waals surface area contributed by atoms with Gasteiger partial charge in [-0.25, -0.2) is 14.6 Å². The first-order valence-electron chi connectivity index (χ1n) is 17.0. The number of carboxylic acids is 2. The third-order valence-electron chi connectivity index (χ3n) is 9.30. The summed E-state index contributed by atoms with van der Waals surface area (Å²) in [4.78, 5) is 30.5. The van der Waals surface area contributed by atoms with Crippen LogP contribution in [0.3, 0.4) is 0 Å². The maximum Gasteiger partial charge on any atom is 0.416 e. The second kappa shape index (κ2) is 15.9. The summed E-state index contributed by atoms with van der Waals surface area (Å²) in [7, 11) is 0. The van der Waals surface area contributed by atoms with Gasteiger partial charge in [-0.1, -0.05) is 66.2 Å². The van der Waals surface area contributed by atoms with Crippen LogP contribution in [-0.2, 0) is 38.5 Å². The Morgan fingerprint density at radius 2 is 1.48 bits per heavy atom. The maximum absolute atomic E-state index is 13.0. The molecule has 1 aliphatic carbocycles. The Labute approximate surface area is 304 Å². The number of fused-ring (bicyclic) bond motifs is 1. The summed E-state index contributed by atoms with van der Waals surface area (Å²) in [5, 5.41) is 19.9. The summed E-state index contributed by atoms with van der Waals surface area (Å²) in [5.74, 6) is -1.46. The van der Waals surface area contributed by atoms with Gasteiger partial charge in [0, 0.05) is 29.4 Å². The van der Waals surface area contributed by atoms with Crippen LogP contribution >= 0.6 is 11.6 Å². The van der Waals surface area contributed by atoms with Gasteiger partial charge in [-0.3, -0.25) is 0 Å². The molecule has 11 heteroatoms. The van der Waals surface area contributed by atoms with Gasteiger partial charge in [0.05, 0.1) is 16.8 Å². The molecule has 1 aliphatic rings. The van der Waals surface area contributed by atoms with Crippen LogP contribution in [0, 0.1) is 0 Å². The van der Waals surface area contributed by atoms with Crippen LogP contribution in [0.2, 0.25) is 5.02 Å². The Hall–Kier alpha value is -5.35. The number of benzene rings is 4. The number of pyridine rings is 1. The van der Waals surface area contributed by atoms with Crippen molar-refractivity contribution in [2.75, 3.05) is 18.0 Å². The molecular formula is C41H36ClF3N2O5. The quantitative estimate of drug-likeness (QED) is 0.125. The van der Waals surface area contributed by atoms with Crippen molar-refractivity contribution >= 4 is 29.2 Å². The average Bonchev–Trinajstić information content (AvgIpc) is 3.14. The predicted octanol–water partition coefficient (Wildman–Crippen LogP) is 9.57. The molecule has 0 unspecified atom stereocenters. The molecule has 5 aromatic rings. The van der Waals surface area contributed by atoms with E-state index in [9.17, 15) is 33.0 Å². The minimum atomic E-state index is -4.41. The number of hydrogen-bond acceptors (Lipinski definition) is 5. The number of para-hydroxylation sites is 1. The number of aromatic carboxylic acids is 2. The maximum atomic E-state index is 13.0. The molecule has 0 spiro atoms. The first-order chi connectivity index (χ1) is 25.0. The summed E-state index contributed by atoms with van der Waals surface area (Å²) >= 11 is 6.61. The van der Waals surface area contributed by atoms with E-state index in [2.05, 4.69) is 4.98 Å². The average molecular weight is 729 g/mol. The van der Waals surface area contributed by atoms with Crippen LogP contribution in [0.1, 0.15) is 67.2 Å². The van der Waals surface area contributed by atoms with Crippen LogP contribution in [-0.4, -0.2) is 40.2 Å².